The first kappa shape index (κ1) is 21.2. The number of hydrogen-bond acceptors (Lipinski definition) is 3. The zero-order valence-corrected chi connectivity index (χ0v) is 17.8. The van der Waals surface area contributed by atoms with Gasteiger partial charge in [-0.05, 0) is 30.0 Å². The van der Waals surface area contributed by atoms with Crippen LogP contribution >= 0.6 is 11.8 Å². The van der Waals surface area contributed by atoms with E-state index in [-0.39, 0.29) is 5.91 Å². The van der Waals surface area contributed by atoms with Gasteiger partial charge in [-0.1, -0.05) is 48.5 Å². The summed E-state index contributed by atoms with van der Waals surface area (Å²) in [7, 11) is 1.81. The van der Waals surface area contributed by atoms with Gasteiger partial charge in [0.25, 0.3) is 0 Å². The van der Waals surface area contributed by atoms with Crippen molar-refractivity contribution in [2.45, 2.75) is 24.3 Å². The number of likely N-dealkylation sites (tertiary alicyclic amines) is 1. The van der Waals surface area contributed by atoms with E-state index in [2.05, 4.69) is 50.9 Å². The van der Waals surface area contributed by atoms with Crippen LogP contribution in [0.4, 0.5) is 0 Å². The second-order valence-electron chi connectivity index (χ2n) is 7.21. The molecule has 1 aliphatic heterocycles. The molecule has 2 aromatic carbocycles. The molecule has 1 heterocycles. The lowest BCUT2D eigenvalue weighted by atomic mass is 10.2. The highest BCUT2D eigenvalue weighted by atomic mass is 32.2. The van der Waals surface area contributed by atoms with Crippen LogP contribution in [0.2, 0.25) is 0 Å². The molecule has 5 nitrogen and oxygen atoms in total. The summed E-state index contributed by atoms with van der Waals surface area (Å²) < 4.78 is 0. The van der Waals surface area contributed by atoms with Crippen LogP contribution in [-0.2, 0) is 11.3 Å². The predicted octanol–water partition coefficient (Wildman–Crippen LogP) is 3.38. The highest BCUT2D eigenvalue weighted by molar-refractivity contribution is 7.99. The average Bonchev–Trinajstić information content (AvgIpc) is 3.24. The number of amides is 1. The molecule has 0 aliphatic carbocycles. The number of hydrogen-bond donors (Lipinski definition) is 2. The molecule has 1 saturated heterocycles. The first-order valence-corrected chi connectivity index (χ1v) is 11.2. The maximum absolute atomic E-state index is 12.1. The van der Waals surface area contributed by atoms with E-state index < -0.39 is 0 Å². The van der Waals surface area contributed by atoms with Gasteiger partial charge in [0.05, 0.1) is 0 Å². The molecule has 0 aromatic heterocycles. The molecule has 1 aliphatic rings. The van der Waals surface area contributed by atoms with Crippen molar-refractivity contribution >= 4 is 23.6 Å². The third-order valence-corrected chi connectivity index (χ3v) is 6.24. The fourth-order valence-corrected chi connectivity index (χ4v) is 4.45. The second-order valence-corrected chi connectivity index (χ2v) is 8.30. The molecule has 3 rings (SSSR count). The topological polar surface area (TPSA) is 56.7 Å². The van der Waals surface area contributed by atoms with E-state index in [1.807, 2.05) is 49.1 Å². The smallest absolute Gasteiger partial charge is 0.222 e. The second kappa shape index (κ2) is 11.5. The van der Waals surface area contributed by atoms with Crippen LogP contribution < -0.4 is 10.6 Å². The molecule has 1 amide bonds. The van der Waals surface area contributed by atoms with Crippen LogP contribution in [-0.4, -0.2) is 49.2 Å². The van der Waals surface area contributed by atoms with Crippen LogP contribution in [0.25, 0.3) is 0 Å². The van der Waals surface area contributed by atoms with Crippen molar-refractivity contribution in [1.29, 1.82) is 0 Å². The van der Waals surface area contributed by atoms with Gasteiger partial charge < -0.3 is 15.5 Å². The number of benzene rings is 2. The number of rotatable bonds is 8. The van der Waals surface area contributed by atoms with Crippen molar-refractivity contribution in [3.8, 4) is 0 Å². The third-order valence-electron chi connectivity index (χ3n) is 4.99. The standard InChI is InChI=1S/C23H30N4OS/c1-24-23(25-14-12-22(28)26-16-19-8-4-2-5-9-19)27-15-13-20(17-27)18-29-21-10-6-3-7-11-21/h2-11,20H,12-18H2,1H3,(H,24,25)(H,26,28). The number of guanidine groups is 1. The maximum atomic E-state index is 12.1. The molecule has 1 atom stereocenters. The van der Waals surface area contributed by atoms with Gasteiger partial charge in [0, 0.05) is 50.3 Å². The van der Waals surface area contributed by atoms with Crippen molar-refractivity contribution < 1.29 is 4.79 Å². The normalized spacial score (nSPS) is 16.7. The molecule has 29 heavy (non-hydrogen) atoms. The molecular formula is C23H30N4OS. The van der Waals surface area contributed by atoms with E-state index >= 15 is 0 Å². The summed E-state index contributed by atoms with van der Waals surface area (Å²) in [5.74, 6) is 2.73. The lowest BCUT2D eigenvalue weighted by molar-refractivity contribution is -0.121. The van der Waals surface area contributed by atoms with Crippen LogP contribution in [0.1, 0.15) is 18.4 Å². The Balaban J connectivity index is 1.34. The summed E-state index contributed by atoms with van der Waals surface area (Å²) in [6.45, 7) is 3.19. The number of thioether (sulfide) groups is 1. The Hall–Kier alpha value is -2.47. The van der Waals surface area contributed by atoms with Crippen molar-refractivity contribution in [2.75, 3.05) is 32.4 Å². The summed E-state index contributed by atoms with van der Waals surface area (Å²) in [5, 5.41) is 6.31. The average molecular weight is 411 g/mol. The molecule has 0 radical (unpaired) electrons. The summed E-state index contributed by atoms with van der Waals surface area (Å²) in [6.07, 6.45) is 1.62. The van der Waals surface area contributed by atoms with Crippen LogP contribution in [0.15, 0.2) is 70.6 Å². The van der Waals surface area contributed by atoms with Gasteiger partial charge in [-0.2, -0.15) is 0 Å². The van der Waals surface area contributed by atoms with Gasteiger partial charge in [-0.3, -0.25) is 9.79 Å². The Morgan fingerprint density at radius 3 is 2.55 bits per heavy atom. The summed E-state index contributed by atoms with van der Waals surface area (Å²) in [6, 6.07) is 20.5. The van der Waals surface area contributed by atoms with Crippen molar-refractivity contribution in [3.05, 3.63) is 66.2 Å². The molecule has 2 aromatic rings. The number of nitrogens with one attached hydrogen (secondary N) is 2. The SMILES string of the molecule is CN=C(NCCC(=O)NCc1ccccc1)N1CCC(CSc2ccccc2)C1. The van der Waals surface area contributed by atoms with Crippen molar-refractivity contribution in [1.82, 2.24) is 15.5 Å². The highest BCUT2D eigenvalue weighted by Gasteiger charge is 2.24. The molecule has 0 spiro atoms. The van der Waals surface area contributed by atoms with E-state index in [1.165, 1.54) is 11.3 Å². The van der Waals surface area contributed by atoms with Crippen LogP contribution in [0.3, 0.4) is 0 Å². The molecular weight excluding hydrogens is 380 g/mol. The van der Waals surface area contributed by atoms with Gasteiger partial charge >= 0.3 is 0 Å². The Bertz CT molecular complexity index is 782. The zero-order chi connectivity index (χ0) is 20.3. The monoisotopic (exact) mass is 410 g/mol. The van der Waals surface area contributed by atoms with Crippen molar-refractivity contribution in [2.24, 2.45) is 10.9 Å². The van der Waals surface area contributed by atoms with Crippen LogP contribution in [0.5, 0.6) is 0 Å². The Morgan fingerprint density at radius 2 is 1.83 bits per heavy atom. The van der Waals surface area contributed by atoms with Crippen LogP contribution in [0, 0.1) is 5.92 Å². The van der Waals surface area contributed by atoms with Gasteiger partial charge in [-0.25, -0.2) is 0 Å². The minimum atomic E-state index is 0.0513. The summed E-state index contributed by atoms with van der Waals surface area (Å²) in [5.41, 5.74) is 1.11. The minimum Gasteiger partial charge on any atom is -0.356 e. The van der Waals surface area contributed by atoms with Gasteiger partial charge in [0.15, 0.2) is 5.96 Å². The fraction of sp³-hybridized carbons (Fsp3) is 0.391. The Labute approximate surface area is 178 Å². The molecule has 1 unspecified atom stereocenters. The highest BCUT2D eigenvalue weighted by Crippen LogP contribution is 2.25. The van der Waals surface area contributed by atoms with Gasteiger partial charge in [0.1, 0.15) is 0 Å². The lowest BCUT2D eigenvalue weighted by Crippen LogP contribution is -2.41. The lowest BCUT2D eigenvalue weighted by Gasteiger charge is -2.21. The van der Waals surface area contributed by atoms with E-state index in [0.717, 1.165) is 30.4 Å². The molecule has 154 valence electrons. The van der Waals surface area contributed by atoms with E-state index in [0.29, 0.717) is 25.4 Å². The molecule has 0 saturated carbocycles. The first-order valence-electron chi connectivity index (χ1n) is 10.2. The molecule has 0 bridgehead atoms. The Morgan fingerprint density at radius 1 is 1.10 bits per heavy atom. The van der Waals surface area contributed by atoms with E-state index in [4.69, 9.17) is 0 Å². The summed E-state index contributed by atoms with van der Waals surface area (Å²) in [4.78, 5) is 20.1. The molecule has 2 N–H and O–H groups in total. The van der Waals surface area contributed by atoms with Gasteiger partial charge in [0.2, 0.25) is 5.91 Å². The number of aliphatic imine (C=N–C) groups is 1. The molecule has 1 fully saturated rings. The predicted molar refractivity (Wildman–Crippen MR) is 121 cm³/mol. The first-order chi connectivity index (χ1) is 14.2. The number of nitrogens with zero attached hydrogens (tertiary/aromatic N) is 2. The van der Waals surface area contributed by atoms with Crippen molar-refractivity contribution in [3.63, 3.8) is 0 Å². The largest absolute Gasteiger partial charge is 0.356 e. The van der Waals surface area contributed by atoms with Gasteiger partial charge in [-0.15, -0.1) is 11.8 Å². The maximum Gasteiger partial charge on any atom is 0.222 e. The fourth-order valence-electron chi connectivity index (χ4n) is 3.40. The molecule has 6 heteroatoms. The number of carbonyl (C=O) groups is 1. The summed E-state index contributed by atoms with van der Waals surface area (Å²) >= 11 is 1.92. The quantitative estimate of drug-likeness (QED) is 0.398. The third kappa shape index (κ3) is 7.13. The van der Waals surface area contributed by atoms with E-state index in [9.17, 15) is 4.79 Å². The minimum absolute atomic E-state index is 0.0513. The Kier molecular flexibility index (Phi) is 8.43. The van der Waals surface area contributed by atoms with E-state index in [1.54, 1.807) is 0 Å². The number of carbonyl (C=O) groups excluding carboxylic acids is 1. The zero-order valence-electron chi connectivity index (χ0n) is 17.0.